The summed E-state index contributed by atoms with van der Waals surface area (Å²) in [5.74, 6) is 0.696. The topological polar surface area (TPSA) is 17.8 Å². The second-order valence-electron chi connectivity index (χ2n) is 4.51. The maximum atomic E-state index is 14.3. The molecule has 2 nitrogen and oxygen atoms in total. The Bertz CT molecular complexity index is 797. The quantitative estimate of drug-likeness (QED) is 0.553. The van der Waals surface area contributed by atoms with E-state index >= 15 is 0 Å². The average molecular weight is 388 g/mol. The molecule has 21 heavy (non-hydrogen) atoms. The Morgan fingerprint density at radius 2 is 2.05 bits per heavy atom. The van der Waals surface area contributed by atoms with Gasteiger partial charge in [-0.1, -0.05) is 33.6 Å². The number of alkyl halides is 1. The van der Waals surface area contributed by atoms with Crippen molar-refractivity contribution >= 4 is 50.2 Å². The molecule has 0 unspecified atom stereocenters. The van der Waals surface area contributed by atoms with Crippen molar-refractivity contribution in [3.05, 3.63) is 57.5 Å². The van der Waals surface area contributed by atoms with Gasteiger partial charge in [-0.15, -0.1) is 11.6 Å². The van der Waals surface area contributed by atoms with Gasteiger partial charge in [-0.05, 0) is 30.3 Å². The van der Waals surface area contributed by atoms with Crippen molar-refractivity contribution in [3.63, 3.8) is 0 Å². The Labute approximate surface area is 139 Å². The van der Waals surface area contributed by atoms with Crippen molar-refractivity contribution in [1.29, 1.82) is 0 Å². The van der Waals surface area contributed by atoms with Gasteiger partial charge in [-0.3, -0.25) is 4.57 Å². The molecule has 0 aliphatic carbocycles. The average Bonchev–Trinajstić information content (AvgIpc) is 2.77. The molecular weight excluding hydrogens is 378 g/mol. The van der Waals surface area contributed by atoms with Crippen LogP contribution in [0.4, 0.5) is 4.39 Å². The number of para-hydroxylation sites is 1. The van der Waals surface area contributed by atoms with Crippen LogP contribution in [0.5, 0.6) is 0 Å². The van der Waals surface area contributed by atoms with Gasteiger partial charge in [-0.2, -0.15) is 0 Å². The summed E-state index contributed by atoms with van der Waals surface area (Å²) in [6, 6.07) is 10.3. The Hall–Kier alpha value is -1.10. The van der Waals surface area contributed by atoms with Crippen LogP contribution in [0.3, 0.4) is 0 Å². The zero-order valence-corrected chi connectivity index (χ0v) is 13.9. The number of nitrogens with zero attached hydrogens (tertiary/aromatic N) is 2. The molecule has 0 radical (unpaired) electrons. The molecule has 0 N–H and O–H groups in total. The Balaban J connectivity index is 2.36. The summed E-state index contributed by atoms with van der Waals surface area (Å²) in [6.45, 7) is 0. The van der Waals surface area contributed by atoms with E-state index in [9.17, 15) is 4.39 Å². The van der Waals surface area contributed by atoms with E-state index in [1.165, 1.54) is 6.07 Å². The molecule has 6 heteroatoms. The Kier molecular flexibility index (Phi) is 4.20. The molecule has 0 fully saturated rings. The molecule has 0 bridgehead atoms. The van der Waals surface area contributed by atoms with Gasteiger partial charge < -0.3 is 0 Å². The van der Waals surface area contributed by atoms with E-state index in [4.69, 9.17) is 23.2 Å². The summed E-state index contributed by atoms with van der Waals surface area (Å²) in [7, 11) is 0. The molecule has 0 aliphatic heterocycles. The number of benzene rings is 2. The van der Waals surface area contributed by atoms with Crippen molar-refractivity contribution in [3.8, 4) is 5.69 Å². The zero-order valence-electron chi connectivity index (χ0n) is 10.8. The largest absolute Gasteiger partial charge is 0.292 e. The van der Waals surface area contributed by atoms with Crippen LogP contribution >= 0.6 is 39.1 Å². The van der Waals surface area contributed by atoms with Crippen LogP contribution in [0.2, 0.25) is 5.02 Å². The highest BCUT2D eigenvalue weighted by molar-refractivity contribution is 9.10. The third-order valence-corrected chi connectivity index (χ3v) is 4.15. The molecule has 2 aromatic carbocycles. The minimum Gasteiger partial charge on any atom is -0.292 e. The summed E-state index contributed by atoms with van der Waals surface area (Å²) in [4.78, 5) is 4.55. The highest BCUT2D eigenvalue weighted by Gasteiger charge is 2.17. The van der Waals surface area contributed by atoms with Gasteiger partial charge in [-0.25, -0.2) is 9.37 Å². The fourth-order valence-corrected chi connectivity index (χ4v) is 3.07. The first-order valence-corrected chi connectivity index (χ1v) is 7.99. The fourth-order valence-electron chi connectivity index (χ4n) is 2.31. The van der Waals surface area contributed by atoms with Gasteiger partial charge in [0.15, 0.2) is 0 Å². The number of fused-ring (bicyclic) bond motifs is 1. The van der Waals surface area contributed by atoms with Crippen molar-refractivity contribution in [2.45, 2.75) is 6.42 Å². The fraction of sp³-hybridized carbons (Fsp3) is 0.133. The van der Waals surface area contributed by atoms with Gasteiger partial charge in [0.1, 0.15) is 17.3 Å². The number of imidazole rings is 1. The molecule has 0 saturated carbocycles. The lowest BCUT2D eigenvalue weighted by molar-refractivity contribution is 0.617. The van der Waals surface area contributed by atoms with Gasteiger partial charge in [0.2, 0.25) is 0 Å². The van der Waals surface area contributed by atoms with E-state index in [1.54, 1.807) is 16.7 Å². The lowest BCUT2D eigenvalue weighted by Crippen LogP contribution is -2.05. The maximum Gasteiger partial charge on any atom is 0.148 e. The summed E-state index contributed by atoms with van der Waals surface area (Å²) in [5.41, 5.74) is 1.87. The van der Waals surface area contributed by atoms with Gasteiger partial charge in [0.05, 0.1) is 16.1 Å². The highest BCUT2D eigenvalue weighted by Crippen LogP contribution is 2.30. The molecule has 0 saturated heterocycles. The summed E-state index contributed by atoms with van der Waals surface area (Å²) < 4.78 is 16.9. The predicted octanol–water partition coefficient (Wildman–Crippen LogP) is 5.36. The van der Waals surface area contributed by atoms with E-state index < -0.39 is 0 Å². The molecular formula is C15H10BrCl2FN2. The summed E-state index contributed by atoms with van der Waals surface area (Å²) >= 11 is 15.5. The molecule has 0 amide bonds. The van der Waals surface area contributed by atoms with E-state index in [2.05, 4.69) is 20.9 Å². The van der Waals surface area contributed by atoms with Crippen LogP contribution in [-0.2, 0) is 6.42 Å². The van der Waals surface area contributed by atoms with Crippen LogP contribution in [0.1, 0.15) is 5.82 Å². The van der Waals surface area contributed by atoms with Crippen LogP contribution in [-0.4, -0.2) is 15.4 Å². The van der Waals surface area contributed by atoms with E-state index in [0.717, 1.165) is 15.5 Å². The Morgan fingerprint density at radius 1 is 1.24 bits per heavy atom. The van der Waals surface area contributed by atoms with E-state index in [1.807, 2.05) is 18.2 Å². The van der Waals surface area contributed by atoms with Crippen molar-refractivity contribution in [2.24, 2.45) is 0 Å². The Morgan fingerprint density at radius 3 is 2.76 bits per heavy atom. The van der Waals surface area contributed by atoms with Crippen LogP contribution in [0.15, 0.2) is 40.9 Å². The normalized spacial score (nSPS) is 11.2. The monoisotopic (exact) mass is 386 g/mol. The smallest absolute Gasteiger partial charge is 0.148 e. The number of hydrogen-bond acceptors (Lipinski definition) is 1. The number of rotatable bonds is 3. The van der Waals surface area contributed by atoms with Crippen LogP contribution < -0.4 is 0 Å². The molecule has 3 aromatic rings. The molecule has 0 atom stereocenters. The number of aryl methyl sites for hydroxylation is 1. The van der Waals surface area contributed by atoms with Gasteiger partial charge in [0.25, 0.3) is 0 Å². The van der Waals surface area contributed by atoms with E-state index in [0.29, 0.717) is 28.8 Å². The first-order valence-electron chi connectivity index (χ1n) is 6.29. The number of halogens is 4. The summed E-state index contributed by atoms with van der Waals surface area (Å²) in [5, 5.41) is 0.341. The number of aromatic nitrogens is 2. The SMILES string of the molecule is Fc1cccc(Cl)c1-n1c(CCCl)nc2cc(Br)ccc21. The lowest BCUT2D eigenvalue weighted by Gasteiger charge is -2.11. The molecule has 108 valence electrons. The third-order valence-electron chi connectivity index (χ3n) is 3.17. The summed E-state index contributed by atoms with van der Waals surface area (Å²) in [6.07, 6.45) is 0.526. The van der Waals surface area contributed by atoms with Crippen molar-refractivity contribution < 1.29 is 4.39 Å². The third kappa shape index (κ3) is 2.68. The first kappa shape index (κ1) is 14.8. The molecule has 1 aromatic heterocycles. The van der Waals surface area contributed by atoms with Crippen LogP contribution in [0.25, 0.3) is 16.7 Å². The molecule has 0 spiro atoms. The van der Waals surface area contributed by atoms with E-state index in [-0.39, 0.29) is 5.82 Å². The first-order chi connectivity index (χ1) is 10.1. The predicted molar refractivity (Wildman–Crippen MR) is 88.2 cm³/mol. The van der Waals surface area contributed by atoms with Crippen molar-refractivity contribution in [2.75, 3.05) is 5.88 Å². The number of hydrogen-bond donors (Lipinski definition) is 0. The standard InChI is InChI=1S/C15H10BrCl2FN2/c16-9-4-5-13-12(8-9)20-14(6-7-17)21(13)15-10(18)2-1-3-11(15)19/h1-5,8H,6-7H2. The van der Waals surface area contributed by atoms with Crippen LogP contribution in [0, 0.1) is 5.82 Å². The van der Waals surface area contributed by atoms with Crippen molar-refractivity contribution in [1.82, 2.24) is 9.55 Å². The lowest BCUT2D eigenvalue weighted by atomic mass is 10.2. The minimum absolute atomic E-state index is 0.309. The molecule has 3 rings (SSSR count). The second kappa shape index (κ2) is 5.95. The van der Waals surface area contributed by atoms with Gasteiger partial charge in [0, 0.05) is 16.8 Å². The molecule has 1 heterocycles. The minimum atomic E-state index is -0.388. The second-order valence-corrected chi connectivity index (χ2v) is 6.21. The highest BCUT2D eigenvalue weighted by atomic mass is 79.9. The molecule has 0 aliphatic rings. The maximum absolute atomic E-state index is 14.3. The zero-order chi connectivity index (χ0) is 15.0. The van der Waals surface area contributed by atoms with Gasteiger partial charge >= 0.3 is 0 Å².